The van der Waals surface area contributed by atoms with Crippen molar-refractivity contribution in [1.82, 2.24) is 0 Å². The smallest absolute Gasteiger partial charge is 0.235 e. The monoisotopic (exact) mass is 291 g/mol. The minimum absolute atomic E-state index is 0.497. The quantitative estimate of drug-likeness (QED) is 0.596. The van der Waals surface area contributed by atoms with Crippen LogP contribution in [0.1, 0.15) is 38.2 Å². The van der Waals surface area contributed by atoms with Crippen molar-refractivity contribution in [2.45, 2.75) is 38.1 Å². The van der Waals surface area contributed by atoms with Crippen LogP contribution in [0.3, 0.4) is 0 Å². The fraction of sp³-hybridized carbons (Fsp3) is 0.562. The van der Waals surface area contributed by atoms with Gasteiger partial charge in [0, 0.05) is 5.56 Å². The molecular weight excluding hydrogens is 270 g/mol. The number of isocyanates is 1. The lowest BCUT2D eigenvalue weighted by Crippen LogP contribution is -2.20. The van der Waals surface area contributed by atoms with E-state index < -0.39 is 5.54 Å². The Balaban J connectivity index is 2.64. The fourth-order valence-electron chi connectivity index (χ4n) is 3.04. The third kappa shape index (κ3) is 2.74. The Morgan fingerprint density at radius 2 is 1.90 bits per heavy atom. The predicted octanol–water partition coefficient (Wildman–Crippen LogP) is 3.21. The van der Waals surface area contributed by atoms with E-state index in [-0.39, 0.29) is 0 Å². The van der Waals surface area contributed by atoms with Gasteiger partial charge in [0.05, 0.1) is 20.8 Å². The molecule has 2 rings (SSSR count). The highest BCUT2D eigenvalue weighted by Gasteiger charge is 2.39. The molecule has 0 aliphatic heterocycles. The van der Waals surface area contributed by atoms with E-state index in [2.05, 4.69) is 4.99 Å². The molecule has 1 aromatic rings. The Labute approximate surface area is 124 Å². The zero-order valence-electron chi connectivity index (χ0n) is 12.8. The number of nitrogens with zero attached hydrogens (tertiary/aromatic N) is 1. The molecule has 1 fully saturated rings. The lowest BCUT2D eigenvalue weighted by Gasteiger charge is -2.27. The zero-order valence-corrected chi connectivity index (χ0v) is 12.8. The number of methoxy groups -OCH3 is 2. The number of rotatable bonds is 6. The molecule has 1 aliphatic rings. The lowest BCUT2D eigenvalue weighted by molar-refractivity contribution is 0.285. The summed E-state index contributed by atoms with van der Waals surface area (Å²) in [4.78, 5) is 15.0. The van der Waals surface area contributed by atoms with Crippen LogP contribution >= 0.6 is 0 Å². The van der Waals surface area contributed by atoms with Gasteiger partial charge in [-0.05, 0) is 31.9 Å². The minimum atomic E-state index is -0.550. The van der Waals surface area contributed by atoms with Crippen LogP contribution in [0.2, 0.25) is 0 Å². The van der Waals surface area contributed by atoms with E-state index in [9.17, 15) is 4.79 Å². The van der Waals surface area contributed by atoms with Gasteiger partial charge < -0.3 is 14.2 Å². The molecular formula is C16H21NO4. The highest BCUT2D eigenvalue weighted by Crippen LogP contribution is 2.50. The Morgan fingerprint density at radius 3 is 2.43 bits per heavy atom. The van der Waals surface area contributed by atoms with E-state index in [1.807, 2.05) is 19.1 Å². The van der Waals surface area contributed by atoms with Crippen molar-refractivity contribution in [2.24, 2.45) is 4.99 Å². The summed E-state index contributed by atoms with van der Waals surface area (Å²) in [6.07, 6.45) is 5.43. The van der Waals surface area contributed by atoms with E-state index in [1.165, 1.54) is 0 Å². The summed E-state index contributed by atoms with van der Waals surface area (Å²) in [7, 11) is 3.16. The van der Waals surface area contributed by atoms with Gasteiger partial charge in [0.2, 0.25) is 11.8 Å². The fourth-order valence-corrected chi connectivity index (χ4v) is 3.04. The summed E-state index contributed by atoms with van der Waals surface area (Å²) in [5, 5.41) is 0. The molecule has 5 heteroatoms. The highest BCUT2D eigenvalue weighted by atomic mass is 16.5. The molecule has 0 bridgehead atoms. The molecule has 114 valence electrons. The van der Waals surface area contributed by atoms with E-state index >= 15 is 0 Å². The van der Waals surface area contributed by atoms with Crippen molar-refractivity contribution in [1.29, 1.82) is 0 Å². The third-order valence-electron chi connectivity index (χ3n) is 3.98. The summed E-state index contributed by atoms with van der Waals surface area (Å²) in [6, 6.07) is 3.75. The SMILES string of the molecule is CCOc1c(C2(N=C=O)CCCC2)ccc(OC)c1OC. The molecule has 0 N–H and O–H groups in total. The first-order valence-electron chi connectivity index (χ1n) is 7.19. The van der Waals surface area contributed by atoms with Gasteiger partial charge in [-0.15, -0.1) is 0 Å². The number of aliphatic imine (C=N–C) groups is 1. The summed E-state index contributed by atoms with van der Waals surface area (Å²) < 4.78 is 16.6. The normalized spacial score (nSPS) is 16.1. The molecule has 1 aliphatic carbocycles. The largest absolute Gasteiger partial charge is 0.493 e. The molecule has 0 spiro atoms. The van der Waals surface area contributed by atoms with E-state index in [0.717, 1.165) is 31.2 Å². The standard InChI is InChI=1S/C16H21NO4/c1-4-21-14-12(7-8-13(19-2)15(14)20-3)16(17-11-18)9-5-6-10-16/h7-8H,4-6,9-10H2,1-3H3. The van der Waals surface area contributed by atoms with Crippen molar-refractivity contribution in [3.63, 3.8) is 0 Å². The topological polar surface area (TPSA) is 57.1 Å². The van der Waals surface area contributed by atoms with Gasteiger partial charge in [0.25, 0.3) is 0 Å². The van der Waals surface area contributed by atoms with Crippen LogP contribution in [0.15, 0.2) is 17.1 Å². The van der Waals surface area contributed by atoms with Crippen molar-refractivity contribution in [2.75, 3.05) is 20.8 Å². The van der Waals surface area contributed by atoms with Crippen LogP contribution < -0.4 is 14.2 Å². The molecule has 5 nitrogen and oxygen atoms in total. The van der Waals surface area contributed by atoms with Gasteiger partial charge >= 0.3 is 0 Å². The van der Waals surface area contributed by atoms with E-state index in [4.69, 9.17) is 14.2 Å². The first kappa shape index (κ1) is 15.4. The van der Waals surface area contributed by atoms with Crippen LogP contribution in [-0.4, -0.2) is 26.9 Å². The molecule has 0 amide bonds. The maximum atomic E-state index is 10.9. The highest BCUT2D eigenvalue weighted by molar-refractivity contribution is 5.58. The van der Waals surface area contributed by atoms with E-state index in [0.29, 0.717) is 23.9 Å². The van der Waals surface area contributed by atoms with Gasteiger partial charge in [0.1, 0.15) is 5.54 Å². The van der Waals surface area contributed by atoms with Crippen molar-refractivity contribution in [3.8, 4) is 17.2 Å². The number of benzene rings is 1. The minimum Gasteiger partial charge on any atom is -0.493 e. The molecule has 1 saturated carbocycles. The second-order valence-electron chi connectivity index (χ2n) is 5.05. The average Bonchev–Trinajstić information content (AvgIpc) is 2.97. The Morgan fingerprint density at radius 1 is 1.19 bits per heavy atom. The van der Waals surface area contributed by atoms with Crippen molar-refractivity contribution < 1.29 is 19.0 Å². The molecule has 0 radical (unpaired) electrons. The molecule has 0 atom stereocenters. The van der Waals surface area contributed by atoms with Gasteiger partial charge in [-0.3, -0.25) is 0 Å². The maximum absolute atomic E-state index is 10.9. The summed E-state index contributed by atoms with van der Waals surface area (Å²) in [5.41, 5.74) is 0.328. The Hall–Kier alpha value is -2.00. The Kier molecular flexibility index (Phi) is 4.86. The molecule has 21 heavy (non-hydrogen) atoms. The van der Waals surface area contributed by atoms with Crippen LogP contribution in [0.4, 0.5) is 0 Å². The number of ether oxygens (including phenoxy) is 3. The average molecular weight is 291 g/mol. The lowest BCUT2D eigenvalue weighted by atomic mass is 9.87. The maximum Gasteiger partial charge on any atom is 0.235 e. The predicted molar refractivity (Wildman–Crippen MR) is 79.0 cm³/mol. The second-order valence-corrected chi connectivity index (χ2v) is 5.05. The van der Waals surface area contributed by atoms with Crippen LogP contribution in [0, 0.1) is 0 Å². The first-order valence-corrected chi connectivity index (χ1v) is 7.19. The summed E-state index contributed by atoms with van der Waals surface area (Å²) in [6.45, 7) is 2.41. The van der Waals surface area contributed by atoms with Crippen LogP contribution in [0.25, 0.3) is 0 Å². The molecule has 0 unspecified atom stereocenters. The van der Waals surface area contributed by atoms with Crippen molar-refractivity contribution >= 4 is 6.08 Å². The molecule has 0 heterocycles. The van der Waals surface area contributed by atoms with E-state index in [1.54, 1.807) is 20.3 Å². The number of hydrogen-bond donors (Lipinski definition) is 0. The Bertz CT molecular complexity index is 543. The molecule has 0 saturated heterocycles. The van der Waals surface area contributed by atoms with Crippen LogP contribution in [0.5, 0.6) is 17.2 Å². The van der Waals surface area contributed by atoms with Gasteiger partial charge in [-0.2, -0.15) is 4.99 Å². The number of carbonyl (C=O) groups excluding carboxylic acids is 1. The summed E-state index contributed by atoms with van der Waals surface area (Å²) >= 11 is 0. The molecule has 1 aromatic carbocycles. The van der Waals surface area contributed by atoms with Crippen LogP contribution in [-0.2, 0) is 10.3 Å². The van der Waals surface area contributed by atoms with Gasteiger partial charge in [0.15, 0.2) is 11.5 Å². The summed E-state index contributed by atoms with van der Waals surface area (Å²) in [5.74, 6) is 1.76. The number of hydrogen-bond acceptors (Lipinski definition) is 5. The van der Waals surface area contributed by atoms with Crippen molar-refractivity contribution in [3.05, 3.63) is 17.7 Å². The second kappa shape index (κ2) is 6.64. The first-order chi connectivity index (χ1) is 10.2. The molecule has 0 aromatic heterocycles. The zero-order chi connectivity index (χ0) is 15.3. The third-order valence-corrected chi connectivity index (χ3v) is 3.98. The van der Waals surface area contributed by atoms with Gasteiger partial charge in [-0.25, -0.2) is 4.79 Å². The van der Waals surface area contributed by atoms with Gasteiger partial charge in [-0.1, -0.05) is 12.8 Å².